The summed E-state index contributed by atoms with van der Waals surface area (Å²) in [6, 6.07) is 4.91. The van der Waals surface area contributed by atoms with Gasteiger partial charge in [-0.1, -0.05) is 30.9 Å². The minimum absolute atomic E-state index is 0.0664. The molecule has 1 aliphatic carbocycles. The third kappa shape index (κ3) is 5.66. The molecule has 1 atom stereocenters. The van der Waals surface area contributed by atoms with Crippen molar-refractivity contribution in [3.63, 3.8) is 0 Å². The molecule has 1 aromatic carbocycles. The lowest BCUT2D eigenvalue weighted by Gasteiger charge is -2.22. The minimum atomic E-state index is -4.50. The van der Waals surface area contributed by atoms with Crippen LogP contribution in [0, 0.1) is 6.92 Å². The Morgan fingerprint density at radius 2 is 1.94 bits per heavy atom. The maximum Gasteiger partial charge on any atom is 0.416 e. The average Bonchev–Trinajstić information content (AvgIpc) is 3.38. The van der Waals surface area contributed by atoms with Gasteiger partial charge in [-0.25, -0.2) is 4.79 Å². The lowest BCUT2D eigenvalue weighted by Crippen LogP contribution is -2.38. The number of nitrogens with zero attached hydrogens (tertiary/aromatic N) is 1. The molecular weight excluding hydrogens is 457 g/mol. The molecule has 180 valence electrons. The maximum atomic E-state index is 13.4. The fourth-order valence-corrected chi connectivity index (χ4v) is 4.83. The Hall–Kier alpha value is -2.19. The number of aromatic nitrogens is 1. The Labute approximate surface area is 196 Å². The molecule has 4 rings (SSSR count). The van der Waals surface area contributed by atoms with E-state index in [-0.39, 0.29) is 22.7 Å². The van der Waals surface area contributed by atoms with Gasteiger partial charge in [-0.3, -0.25) is 0 Å². The van der Waals surface area contributed by atoms with Crippen molar-refractivity contribution in [1.82, 2.24) is 9.88 Å². The zero-order valence-corrected chi connectivity index (χ0v) is 19.3. The Morgan fingerprint density at radius 1 is 1.18 bits per heavy atom. The van der Waals surface area contributed by atoms with Crippen molar-refractivity contribution in [2.45, 2.75) is 76.7 Å². The van der Waals surface area contributed by atoms with Crippen LogP contribution >= 0.6 is 11.6 Å². The number of hydrogen-bond acceptors (Lipinski definition) is 3. The van der Waals surface area contributed by atoms with Crippen molar-refractivity contribution in [3.05, 3.63) is 40.5 Å². The van der Waals surface area contributed by atoms with E-state index in [4.69, 9.17) is 21.1 Å². The highest BCUT2D eigenvalue weighted by molar-refractivity contribution is 6.33. The SMILES string of the molecule is Cc1c(OC(=O)NC2CCCCC2)cc(-c2cc(C(F)(F)F)ccc2Cl)n1C[C@H]1CCCO1. The van der Waals surface area contributed by atoms with E-state index in [2.05, 4.69) is 5.32 Å². The molecule has 0 unspecified atom stereocenters. The van der Waals surface area contributed by atoms with Crippen LogP contribution in [0.4, 0.5) is 18.0 Å². The van der Waals surface area contributed by atoms with Crippen LogP contribution in [0.5, 0.6) is 5.75 Å². The van der Waals surface area contributed by atoms with Crippen molar-refractivity contribution >= 4 is 17.7 Å². The van der Waals surface area contributed by atoms with Gasteiger partial charge in [0.25, 0.3) is 0 Å². The summed E-state index contributed by atoms with van der Waals surface area (Å²) >= 11 is 6.33. The fraction of sp³-hybridized carbons (Fsp3) is 0.542. The second-order valence-corrected chi connectivity index (χ2v) is 9.19. The Kier molecular flexibility index (Phi) is 7.24. The topological polar surface area (TPSA) is 52.5 Å². The molecule has 2 aliphatic rings. The van der Waals surface area contributed by atoms with Gasteiger partial charge in [0, 0.05) is 35.8 Å². The molecule has 33 heavy (non-hydrogen) atoms. The average molecular weight is 485 g/mol. The molecule has 2 aromatic rings. The first-order chi connectivity index (χ1) is 15.7. The van der Waals surface area contributed by atoms with Crippen LogP contribution in [0.15, 0.2) is 24.3 Å². The molecule has 0 bridgehead atoms. The maximum absolute atomic E-state index is 13.4. The normalized spacial score (nSPS) is 19.6. The summed E-state index contributed by atoms with van der Waals surface area (Å²) in [6.07, 6.45) is 1.80. The molecule has 1 saturated carbocycles. The van der Waals surface area contributed by atoms with Crippen LogP contribution in [0.2, 0.25) is 5.02 Å². The Balaban J connectivity index is 1.66. The molecular formula is C24H28ClF3N2O3. The highest BCUT2D eigenvalue weighted by Gasteiger charge is 2.32. The number of carbonyl (C=O) groups excluding carboxylic acids is 1. The van der Waals surface area contributed by atoms with Gasteiger partial charge in [-0.05, 0) is 50.8 Å². The number of benzene rings is 1. The second-order valence-electron chi connectivity index (χ2n) is 8.79. The van der Waals surface area contributed by atoms with Crippen LogP contribution in [0.1, 0.15) is 56.2 Å². The molecule has 0 spiro atoms. The summed E-state index contributed by atoms with van der Waals surface area (Å²) in [5.41, 5.74) is 0.532. The first kappa shape index (κ1) is 24.0. The van der Waals surface area contributed by atoms with Crippen molar-refractivity contribution in [2.75, 3.05) is 6.61 Å². The number of carbonyl (C=O) groups is 1. The van der Waals surface area contributed by atoms with Gasteiger partial charge >= 0.3 is 12.3 Å². The molecule has 2 fully saturated rings. The van der Waals surface area contributed by atoms with Crippen molar-refractivity contribution in [3.8, 4) is 17.0 Å². The lowest BCUT2D eigenvalue weighted by molar-refractivity contribution is -0.137. The van der Waals surface area contributed by atoms with E-state index in [1.54, 1.807) is 13.0 Å². The first-order valence-corrected chi connectivity index (χ1v) is 11.8. The molecule has 1 aliphatic heterocycles. The van der Waals surface area contributed by atoms with Gasteiger partial charge in [-0.15, -0.1) is 0 Å². The monoisotopic (exact) mass is 484 g/mol. The number of hydrogen-bond donors (Lipinski definition) is 1. The molecule has 1 saturated heterocycles. The lowest BCUT2D eigenvalue weighted by atomic mass is 9.96. The molecule has 0 radical (unpaired) electrons. The van der Waals surface area contributed by atoms with Crippen molar-refractivity contribution in [2.24, 2.45) is 0 Å². The zero-order valence-electron chi connectivity index (χ0n) is 18.5. The Morgan fingerprint density at radius 3 is 2.61 bits per heavy atom. The van der Waals surface area contributed by atoms with E-state index in [1.807, 2.05) is 4.57 Å². The summed E-state index contributed by atoms with van der Waals surface area (Å²) in [7, 11) is 0. The van der Waals surface area contributed by atoms with Crippen LogP contribution in [-0.4, -0.2) is 29.4 Å². The van der Waals surface area contributed by atoms with Crippen LogP contribution in [0.25, 0.3) is 11.3 Å². The van der Waals surface area contributed by atoms with Crippen molar-refractivity contribution in [1.29, 1.82) is 0 Å². The van der Waals surface area contributed by atoms with Crippen LogP contribution < -0.4 is 10.1 Å². The molecule has 1 amide bonds. The number of nitrogens with one attached hydrogen (secondary N) is 1. The van der Waals surface area contributed by atoms with Gasteiger partial charge in [0.1, 0.15) is 0 Å². The number of halogens is 4. The predicted octanol–water partition coefficient (Wildman–Crippen LogP) is 6.74. The standard InChI is InChI=1S/C24H28ClF3N2O3/c1-15-22(33-23(31)29-17-6-3-2-4-7-17)13-21(30(15)14-18-8-5-11-32-18)19-12-16(24(26,27)28)9-10-20(19)25/h9-10,12-13,17-18H,2-8,11,14H2,1H3,(H,29,31)/t18-/m1/s1. The van der Waals surface area contributed by atoms with Gasteiger partial charge in [0.05, 0.1) is 23.1 Å². The second kappa shape index (κ2) is 9.97. The predicted molar refractivity (Wildman–Crippen MR) is 120 cm³/mol. The summed E-state index contributed by atoms with van der Waals surface area (Å²) in [5, 5.41) is 3.09. The van der Waals surface area contributed by atoms with Crippen LogP contribution in [-0.2, 0) is 17.5 Å². The highest BCUT2D eigenvalue weighted by atomic mass is 35.5. The van der Waals surface area contributed by atoms with E-state index in [0.29, 0.717) is 30.3 Å². The first-order valence-electron chi connectivity index (χ1n) is 11.4. The van der Waals surface area contributed by atoms with E-state index in [9.17, 15) is 18.0 Å². The highest BCUT2D eigenvalue weighted by Crippen LogP contribution is 2.39. The largest absolute Gasteiger partial charge is 0.416 e. The summed E-state index contributed by atoms with van der Waals surface area (Å²) < 4.78 is 53.3. The number of alkyl halides is 3. The quantitative estimate of drug-likeness (QED) is 0.511. The van der Waals surface area contributed by atoms with Crippen molar-refractivity contribution < 1.29 is 27.4 Å². The molecule has 5 nitrogen and oxygen atoms in total. The minimum Gasteiger partial charge on any atom is -0.408 e. The van der Waals surface area contributed by atoms with Gasteiger partial charge in [0.2, 0.25) is 0 Å². The molecule has 1 aromatic heterocycles. The molecule has 9 heteroatoms. The smallest absolute Gasteiger partial charge is 0.408 e. The van der Waals surface area contributed by atoms with Gasteiger partial charge in [-0.2, -0.15) is 13.2 Å². The van der Waals surface area contributed by atoms with E-state index in [0.717, 1.165) is 50.7 Å². The molecule has 2 heterocycles. The third-order valence-corrected chi connectivity index (χ3v) is 6.76. The van der Waals surface area contributed by atoms with Gasteiger partial charge in [0.15, 0.2) is 5.75 Å². The third-order valence-electron chi connectivity index (χ3n) is 6.43. The number of rotatable bonds is 5. The zero-order chi connectivity index (χ0) is 23.6. The summed E-state index contributed by atoms with van der Waals surface area (Å²) in [5.74, 6) is 0.296. The van der Waals surface area contributed by atoms with E-state index in [1.165, 1.54) is 12.5 Å². The number of ether oxygens (including phenoxy) is 2. The Bertz CT molecular complexity index is 994. The summed E-state index contributed by atoms with van der Waals surface area (Å²) in [6.45, 7) is 2.86. The van der Waals surface area contributed by atoms with E-state index >= 15 is 0 Å². The number of amides is 1. The fourth-order valence-electron chi connectivity index (χ4n) is 4.61. The van der Waals surface area contributed by atoms with Crippen LogP contribution in [0.3, 0.4) is 0 Å². The summed E-state index contributed by atoms with van der Waals surface area (Å²) in [4.78, 5) is 12.5. The van der Waals surface area contributed by atoms with Gasteiger partial charge < -0.3 is 19.4 Å². The van der Waals surface area contributed by atoms with E-state index < -0.39 is 17.8 Å². The molecule has 1 N–H and O–H groups in total.